The lowest BCUT2D eigenvalue weighted by Crippen LogP contribution is -2.11. The molecule has 1 aliphatic rings. The molecule has 0 amide bonds. The van der Waals surface area contributed by atoms with Crippen molar-refractivity contribution in [3.8, 4) is 16.8 Å². The third-order valence-corrected chi connectivity index (χ3v) is 6.59. The minimum atomic E-state index is 0.711. The molecule has 0 aliphatic heterocycles. The molecule has 1 aliphatic carbocycles. The summed E-state index contributed by atoms with van der Waals surface area (Å²) in [4.78, 5) is 10.1. The van der Waals surface area contributed by atoms with E-state index >= 15 is 0 Å². The van der Waals surface area contributed by atoms with Crippen molar-refractivity contribution >= 4 is 27.8 Å². The summed E-state index contributed by atoms with van der Waals surface area (Å²) >= 11 is 0. The van der Waals surface area contributed by atoms with Crippen molar-refractivity contribution in [3.63, 3.8) is 0 Å². The summed E-state index contributed by atoms with van der Waals surface area (Å²) in [5.74, 6) is 0. The van der Waals surface area contributed by atoms with Gasteiger partial charge in [-0.2, -0.15) is 5.10 Å². The summed E-state index contributed by atoms with van der Waals surface area (Å²) in [5.41, 5.74) is 16.9. The van der Waals surface area contributed by atoms with E-state index in [4.69, 9.17) is 20.8 Å². The Morgan fingerprint density at radius 3 is 2.38 bits per heavy atom. The Morgan fingerprint density at radius 1 is 0.844 bits per heavy atom. The number of hydrogen-bond acceptors (Lipinski definition) is 4. The van der Waals surface area contributed by atoms with Gasteiger partial charge in [0.15, 0.2) is 11.3 Å². The second-order valence-corrected chi connectivity index (χ2v) is 8.74. The number of hydrogen-bond donors (Lipinski definition) is 1. The van der Waals surface area contributed by atoms with Crippen LogP contribution in [-0.2, 0) is 12.8 Å². The van der Waals surface area contributed by atoms with Crippen LogP contribution >= 0.6 is 0 Å². The summed E-state index contributed by atoms with van der Waals surface area (Å²) in [6, 6.07) is 18.8. The second kappa shape index (κ2) is 7.16. The van der Waals surface area contributed by atoms with Crippen molar-refractivity contribution in [2.45, 2.75) is 39.5 Å². The maximum atomic E-state index is 6.86. The molecule has 2 aromatic carbocycles. The molecule has 5 aromatic rings. The number of fused-ring (bicyclic) bond motifs is 3. The Morgan fingerprint density at radius 2 is 1.59 bits per heavy atom. The average molecular weight is 420 g/mol. The first kappa shape index (κ1) is 19.0. The zero-order chi connectivity index (χ0) is 21.8. The quantitative estimate of drug-likeness (QED) is 0.398. The van der Waals surface area contributed by atoms with Crippen LogP contribution in [0.1, 0.15) is 35.4 Å². The molecule has 6 rings (SSSR count). The van der Waals surface area contributed by atoms with Gasteiger partial charge in [0.1, 0.15) is 0 Å². The molecule has 5 nitrogen and oxygen atoms in total. The van der Waals surface area contributed by atoms with Crippen molar-refractivity contribution in [2.24, 2.45) is 0 Å². The van der Waals surface area contributed by atoms with Crippen molar-refractivity contribution < 1.29 is 0 Å². The Balaban J connectivity index is 1.79. The number of anilines is 1. The standard InChI is InChI=1S/C27H25N5/c1-16-12-14-18(15-13-16)23-22-17(2)31-32(19-8-4-3-5-9-19)27(22)30-26-24(23)25(28)20-10-6-7-11-21(20)29-26/h3-5,8-9,12-15H,6-7,10-11H2,1-2H3,(H2,28,29,30). The molecule has 0 radical (unpaired) electrons. The molecule has 0 atom stereocenters. The van der Waals surface area contributed by atoms with E-state index in [1.165, 1.54) is 11.1 Å². The van der Waals surface area contributed by atoms with Gasteiger partial charge in [-0.25, -0.2) is 14.6 Å². The largest absolute Gasteiger partial charge is 0.398 e. The molecule has 0 saturated heterocycles. The second-order valence-electron chi connectivity index (χ2n) is 8.74. The highest BCUT2D eigenvalue weighted by molar-refractivity contribution is 6.13. The number of para-hydroxylation sites is 1. The number of benzene rings is 2. The molecule has 3 heterocycles. The Hall–Kier alpha value is -3.73. The minimum absolute atomic E-state index is 0.711. The van der Waals surface area contributed by atoms with Gasteiger partial charge in [0.2, 0.25) is 0 Å². The van der Waals surface area contributed by atoms with Crippen LogP contribution in [0.5, 0.6) is 0 Å². The highest BCUT2D eigenvalue weighted by atomic mass is 15.3. The summed E-state index contributed by atoms with van der Waals surface area (Å²) in [5, 5.41) is 6.89. The molecule has 0 unspecified atom stereocenters. The SMILES string of the molecule is Cc1ccc(-c2c3c(N)c4c(nc3nc3c2c(C)nn3-c2ccccc2)CCCC4)cc1. The lowest BCUT2D eigenvalue weighted by molar-refractivity contribution is 0.672. The molecule has 0 fully saturated rings. The van der Waals surface area contributed by atoms with Crippen molar-refractivity contribution in [1.82, 2.24) is 19.7 Å². The van der Waals surface area contributed by atoms with Crippen LogP contribution in [0.25, 0.3) is 38.9 Å². The first-order valence-corrected chi connectivity index (χ1v) is 11.2. The Kier molecular flexibility index (Phi) is 4.25. The lowest BCUT2D eigenvalue weighted by Gasteiger charge is -2.20. The summed E-state index contributed by atoms with van der Waals surface area (Å²) in [7, 11) is 0. The number of rotatable bonds is 2. The Labute approximate surface area is 186 Å². The fraction of sp³-hybridized carbons (Fsp3) is 0.222. The molecule has 2 N–H and O–H groups in total. The smallest absolute Gasteiger partial charge is 0.166 e. The molecule has 5 heteroatoms. The number of pyridine rings is 2. The van der Waals surface area contributed by atoms with Crippen molar-refractivity contribution in [1.29, 1.82) is 0 Å². The van der Waals surface area contributed by atoms with Gasteiger partial charge in [0.25, 0.3) is 0 Å². The molecule has 0 bridgehead atoms. The van der Waals surface area contributed by atoms with Crippen LogP contribution in [0.15, 0.2) is 54.6 Å². The molecule has 32 heavy (non-hydrogen) atoms. The normalized spacial score (nSPS) is 13.6. The zero-order valence-electron chi connectivity index (χ0n) is 18.4. The van der Waals surface area contributed by atoms with E-state index in [2.05, 4.69) is 50.2 Å². The summed E-state index contributed by atoms with van der Waals surface area (Å²) in [6.07, 6.45) is 4.26. The number of nitrogen functional groups attached to an aromatic ring is 1. The molecule has 0 spiro atoms. The van der Waals surface area contributed by atoms with Crippen LogP contribution in [-0.4, -0.2) is 19.7 Å². The zero-order valence-corrected chi connectivity index (χ0v) is 18.4. The summed E-state index contributed by atoms with van der Waals surface area (Å²) in [6.45, 7) is 4.16. The van der Waals surface area contributed by atoms with Gasteiger partial charge in [-0.05, 0) is 62.8 Å². The minimum Gasteiger partial charge on any atom is -0.398 e. The number of aryl methyl sites for hydroxylation is 3. The fourth-order valence-corrected chi connectivity index (χ4v) is 4.98. The maximum Gasteiger partial charge on any atom is 0.166 e. The highest BCUT2D eigenvalue weighted by Crippen LogP contribution is 2.41. The van der Waals surface area contributed by atoms with Crippen LogP contribution in [0.2, 0.25) is 0 Å². The van der Waals surface area contributed by atoms with E-state index in [9.17, 15) is 0 Å². The highest BCUT2D eigenvalue weighted by Gasteiger charge is 2.24. The van der Waals surface area contributed by atoms with E-state index in [0.717, 1.165) is 76.0 Å². The van der Waals surface area contributed by atoms with E-state index in [0.29, 0.717) is 5.65 Å². The van der Waals surface area contributed by atoms with Gasteiger partial charge in [0, 0.05) is 16.9 Å². The van der Waals surface area contributed by atoms with E-state index in [1.807, 2.05) is 22.9 Å². The third-order valence-electron chi connectivity index (χ3n) is 6.59. The van der Waals surface area contributed by atoms with E-state index < -0.39 is 0 Å². The number of nitrogens with two attached hydrogens (primary N) is 1. The van der Waals surface area contributed by atoms with Gasteiger partial charge in [0.05, 0.1) is 22.2 Å². The van der Waals surface area contributed by atoms with Gasteiger partial charge < -0.3 is 5.73 Å². The molecule has 3 aromatic heterocycles. The number of nitrogens with zero attached hydrogens (tertiary/aromatic N) is 4. The van der Waals surface area contributed by atoms with Crippen molar-refractivity contribution in [2.75, 3.05) is 5.73 Å². The van der Waals surface area contributed by atoms with Crippen LogP contribution < -0.4 is 5.73 Å². The average Bonchev–Trinajstić information content (AvgIpc) is 3.15. The first-order valence-electron chi connectivity index (χ1n) is 11.2. The number of aromatic nitrogens is 4. The van der Waals surface area contributed by atoms with Crippen LogP contribution in [0.3, 0.4) is 0 Å². The Bertz CT molecular complexity index is 1480. The lowest BCUT2D eigenvalue weighted by atomic mass is 9.90. The van der Waals surface area contributed by atoms with Gasteiger partial charge >= 0.3 is 0 Å². The van der Waals surface area contributed by atoms with E-state index in [1.54, 1.807) is 0 Å². The van der Waals surface area contributed by atoms with Crippen LogP contribution in [0, 0.1) is 13.8 Å². The van der Waals surface area contributed by atoms with E-state index in [-0.39, 0.29) is 0 Å². The molecular weight excluding hydrogens is 394 g/mol. The maximum absolute atomic E-state index is 6.86. The first-order chi connectivity index (χ1) is 15.6. The predicted molar refractivity (Wildman–Crippen MR) is 130 cm³/mol. The van der Waals surface area contributed by atoms with Gasteiger partial charge in [-0.1, -0.05) is 48.0 Å². The monoisotopic (exact) mass is 419 g/mol. The molecule has 158 valence electrons. The topological polar surface area (TPSA) is 69.6 Å². The molecular formula is C27H25N5. The van der Waals surface area contributed by atoms with Gasteiger partial charge in [-0.15, -0.1) is 0 Å². The van der Waals surface area contributed by atoms with Gasteiger partial charge in [-0.3, -0.25) is 0 Å². The molecule has 0 saturated carbocycles. The predicted octanol–water partition coefficient (Wildman–Crippen LogP) is 5.71. The third kappa shape index (κ3) is 2.81. The van der Waals surface area contributed by atoms with Crippen molar-refractivity contribution in [3.05, 3.63) is 77.1 Å². The van der Waals surface area contributed by atoms with Crippen LogP contribution in [0.4, 0.5) is 5.69 Å². The summed E-state index contributed by atoms with van der Waals surface area (Å²) < 4.78 is 1.93. The fourth-order valence-electron chi connectivity index (χ4n) is 4.98.